The first-order valence-electron chi connectivity index (χ1n) is 7.34. The summed E-state index contributed by atoms with van der Waals surface area (Å²) >= 11 is 0. The van der Waals surface area contributed by atoms with Crippen molar-refractivity contribution in [3.8, 4) is 23.5 Å². The molecule has 0 fully saturated rings. The molecule has 0 aliphatic carbocycles. The highest BCUT2D eigenvalue weighted by molar-refractivity contribution is 5.33. The zero-order valence-electron chi connectivity index (χ0n) is 13.1. The summed E-state index contributed by atoms with van der Waals surface area (Å²) in [5.74, 6) is 2.76. The van der Waals surface area contributed by atoms with Gasteiger partial charge in [0.1, 0.15) is 36.7 Å². The van der Waals surface area contributed by atoms with E-state index in [0.29, 0.717) is 30.4 Å². The van der Waals surface area contributed by atoms with E-state index >= 15 is 0 Å². The van der Waals surface area contributed by atoms with E-state index in [2.05, 4.69) is 15.0 Å². The van der Waals surface area contributed by atoms with Crippen molar-refractivity contribution < 1.29 is 9.47 Å². The maximum Gasteiger partial charge on any atom is 0.213 e. The van der Waals surface area contributed by atoms with Crippen LogP contribution in [0.1, 0.15) is 11.4 Å². The fraction of sp³-hybridized carbons (Fsp3) is 0.176. The van der Waals surface area contributed by atoms with Gasteiger partial charge in [0.2, 0.25) is 5.88 Å². The highest BCUT2D eigenvalue weighted by Gasteiger charge is 2.04. The Bertz CT molecular complexity index is 852. The van der Waals surface area contributed by atoms with Crippen LogP contribution >= 0.6 is 0 Å². The lowest BCUT2D eigenvalue weighted by Crippen LogP contribution is -2.10. The predicted molar refractivity (Wildman–Crippen MR) is 86.0 cm³/mol. The predicted octanol–water partition coefficient (Wildman–Crippen LogP) is 2.30. The smallest absolute Gasteiger partial charge is 0.213 e. The molecule has 3 aromatic rings. The number of rotatable bonds is 6. The van der Waals surface area contributed by atoms with Gasteiger partial charge in [0.25, 0.3) is 0 Å². The van der Waals surface area contributed by atoms with Crippen LogP contribution in [-0.2, 0) is 0 Å². The lowest BCUT2D eigenvalue weighted by molar-refractivity contribution is 0.212. The van der Waals surface area contributed by atoms with Crippen LogP contribution in [0.4, 0.5) is 0 Å². The minimum Gasteiger partial charge on any atom is -0.490 e. The third-order valence-corrected chi connectivity index (χ3v) is 3.26. The summed E-state index contributed by atoms with van der Waals surface area (Å²) in [6.07, 6.45) is 6.73. The van der Waals surface area contributed by atoms with Crippen LogP contribution in [0.15, 0.2) is 49.1 Å². The zero-order valence-corrected chi connectivity index (χ0v) is 13.1. The summed E-state index contributed by atoms with van der Waals surface area (Å²) < 4.78 is 13.0. The van der Waals surface area contributed by atoms with Crippen molar-refractivity contribution in [1.29, 1.82) is 5.26 Å². The number of nitriles is 1. The van der Waals surface area contributed by atoms with Gasteiger partial charge in [-0.1, -0.05) is 0 Å². The molecule has 0 aliphatic rings. The molecule has 0 bridgehead atoms. The van der Waals surface area contributed by atoms with Crippen molar-refractivity contribution >= 4 is 0 Å². The second-order valence-electron chi connectivity index (χ2n) is 4.89. The summed E-state index contributed by atoms with van der Waals surface area (Å²) in [4.78, 5) is 12.5. The molecule has 0 aliphatic heterocycles. The van der Waals surface area contributed by atoms with Crippen LogP contribution in [0, 0.1) is 18.3 Å². The summed E-state index contributed by atoms with van der Waals surface area (Å²) in [7, 11) is 0. The average Bonchev–Trinajstić information content (AvgIpc) is 3.05. The Labute approximate surface area is 139 Å². The molecule has 7 heteroatoms. The van der Waals surface area contributed by atoms with Gasteiger partial charge in [-0.3, -0.25) is 4.57 Å². The van der Waals surface area contributed by atoms with Crippen LogP contribution < -0.4 is 9.47 Å². The summed E-state index contributed by atoms with van der Waals surface area (Å²) in [5, 5.41) is 8.72. The Balaban J connectivity index is 1.53. The van der Waals surface area contributed by atoms with Crippen molar-refractivity contribution in [2.75, 3.05) is 13.2 Å². The molecule has 3 aromatic heterocycles. The van der Waals surface area contributed by atoms with E-state index in [-0.39, 0.29) is 0 Å². The topological polar surface area (TPSA) is 85.9 Å². The standard InChI is InChI=1S/C17H15N5O2/c1-13-19-6-7-22(13)16-10-15(4-5-20-16)23-8-9-24-17-3-2-14(11-18)12-21-17/h2-7,10,12H,8-9H2,1H3. The van der Waals surface area contributed by atoms with E-state index in [4.69, 9.17) is 14.7 Å². The van der Waals surface area contributed by atoms with Gasteiger partial charge in [-0.15, -0.1) is 0 Å². The summed E-state index contributed by atoms with van der Waals surface area (Å²) in [5.41, 5.74) is 0.498. The third-order valence-electron chi connectivity index (χ3n) is 3.26. The van der Waals surface area contributed by atoms with Gasteiger partial charge in [0.15, 0.2) is 0 Å². The minimum atomic E-state index is 0.348. The normalized spacial score (nSPS) is 10.2. The number of pyridine rings is 2. The molecule has 0 saturated carbocycles. The second kappa shape index (κ2) is 7.24. The first kappa shape index (κ1) is 15.5. The molecule has 0 radical (unpaired) electrons. The number of aryl methyl sites for hydroxylation is 1. The minimum absolute atomic E-state index is 0.348. The molecule has 0 atom stereocenters. The SMILES string of the molecule is Cc1nccn1-c1cc(OCCOc2ccc(C#N)cn2)ccn1. The summed E-state index contributed by atoms with van der Waals surface area (Å²) in [6, 6.07) is 8.95. The van der Waals surface area contributed by atoms with Gasteiger partial charge < -0.3 is 9.47 Å². The molecule has 0 N–H and O–H groups in total. The molecule has 0 unspecified atom stereocenters. The van der Waals surface area contributed by atoms with Gasteiger partial charge in [0, 0.05) is 36.9 Å². The van der Waals surface area contributed by atoms with Crippen LogP contribution in [0.2, 0.25) is 0 Å². The molecule has 24 heavy (non-hydrogen) atoms. The Morgan fingerprint density at radius 3 is 2.67 bits per heavy atom. The fourth-order valence-electron chi connectivity index (χ4n) is 2.08. The Kier molecular flexibility index (Phi) is 4.68. The maximum atomic E-state index is 8.72. The molecule has 0 amide bonds. The first-order valence-corrected chi connectivity index (χ1v) is 7.34. The van der Waals surface area contributed by atoms with Crippen molar-refractivity contribution in [3.63, 3.8) is 0 Å². The van der Waals surface area contributed by atoms with Crippen molar-refractivity contribution in [1.82, 2.24) is 19.5 Å². The number of hydrogen-bond donors (Lipinski definition) is 0. The lowest BCUT2D eigenvalue weighted by atomic mass is 10.3. The van der Waals surface area contributed by atoms with Crippen LogP contribution in [0.3, 0.4) is 0 Å². The number of nitrogens with zero attached hydrogens (tertiary/aromatic N) is 5. The molecule has 3 rings (SSSR count). The molecule has 0 saturated heterocycles. The van der Waals surface area contributed by atoms with Crippen LogP contribution in [0.5, 0.6) is 11.6 Å². The second-order valence-corrected chi connectivity index (χ2v) is 4.89. The Hall–Kier alpha value is -3.40. The van der Waals surface area contributed by atoms with E-state index in [0.717, 1.165) is 11.6 Å². The van der Waals surface area contributed by atoms with Crippen LogP contribution in [0.25, 0.3) is 5.82 Å². The zero-order chi connectivity index (χ0) is 16.8. The number of aromatic nitrogens is 4. The maximum absolute atomic E-state index is 8.72. The Morgan fingerprint density at radius 1 is 1.08 bits per heavy atom. The van der Waals surface area contributed by atoms with Gasteiger partial charge in [-0.25, -0.2) is 15.0 Å². The fourth-order valence-corrected chi connectivity index (χ4v) is 2.08. The molecule has 0 aromatic carbocycles. The molecule has 0 spiro atoms. The van der Waals surface area contributed by atoms with Gasteiger partial charge >= 0.3 is 0 Å². The van der Waals surface area contributed by atoms with Crippen molar-refractivity contribution in [2.24, 2.45) is 0 Å². The number of ether oxygens (including phenoxy) is 2. The Morgan fingerprint density at radius 2 is 1.96 bits per heavy atom. The number of hydrogen-bond acceptors (Lipinski definition) is 6. The average molecular weight is 321 g/mol. The molecular formula is C17H15N5O2. The van der Waals surface area contributed by atoms with Crippen molar-refractivity contribution in [3.05, 3.63) is 60.4 Å². The van der Waals surface area contributed by atoms with E-state index < -0.39 is 0 Å². The van der Waals surface area contributed by atoms with Crippen LogP contribution in [-0.4, -0.2) is 32.7 Å². The monoisotopic (exact) mass is 321 g/mol. The van der Waals surface area contributed by atoms with E-state index in [9.17, 15) is 0 Å². The first-order chi connectivity index (χ1) is 11.8. The molecule has 120 valence electrons. The lowest BCUT2D eigenvalue weighted by Gasteiger charge is -2.09. The third kappa shape index (κ3) is 3.67. The van der Waals surface area contributed by atoms with Gasteiger partial charge in [-0.05, 0) is 19.1 Å². The molecule has 7 nitrogen and oxygen atoms in total. The van der Waals surface area contributed by atoms with E-state index in [1.807, 2.05) is 29.8 Å². The number of imidazole rings is 1. The quantitative estimate of drug-likeness (QED) is 0.648. The van der Waals surface area contributed by atoms with E-state index in [1.54, 1.807) is 30.6 Å². The highest BCUT2D eigenvalue weighted by Crippen LogP contribution is 2.15. The molecule has 3 heterocycles. The van der Waals surface area contributed by atoms with Gasteiger partial charge in [0.05, 0.1) is 5.56 Å². The van der Waals surface area contributed by atoms with E-state index in [1.165, 1.54) is 6.20 Å². The molecular weight excluding hydrogens is 306 g/mol. The van der Waals surface area contributed by atoms with Crippen molar-refractivity contribution in [2.45, 2.75) is 6.92 Å². The van der Waals surface area contributed by atoms with Gasteiger partial charge in [-0.2, -0.15) is 5.26 Å². The largest absolute Gasteiger partial charge is 0.490 e. The highest BCUT2D eigenvalue weighted by atomic mass is 16.5. The summed E-state index contributed by atoms with van der Waals surface area (Å²) in [6.45, 7) is 2.63.